The number of amides is 1. The second-order valence-electron chi connectivity index (χ2n) is 9.81. The van der Waals surface area contributed by atoms with E-state index >= 15 is 0 Å². The van der Waals surface area contributed by atoms with Crippen LogP contribution in [-0.4, -0.2) is 59.7 Å². The minimum atomic E-state index is -0.925. The van der Waals surface area contributed by atoms with Crippen molar-refractivity contribution in [2.75, 3.05) is 26.3 Å². The lowest BCUT2D eigenvalue weighted by molar-refractivity contribution is -0.0199. The molecule has 3 atom stereocenters. The van der Waals surface area contributed by atoms with Crippen molar-refractivity contribution in [2.24, 2.45) is 0 Å². The smallest absolute Gasteiger partial charge is 0.407 e. The maximum absolute atomic E-state index is 11.7. The maximum Gasteiger partial charge on any atom is 0.407 e. The second-order valence-corrected chi connectivity index (χ2v) is 9.81. The number of fused-ring (bicyclic) bond motifs is 1. The Morgan fingerprint density at radius 3 is 2.23 bits per heavy atom. The lowest BCUT2D eigenvalue weighted by Crippen LogP contribution is -2.46. The molecule has 0 spiro atoms. The van der Waals surface area contributed by atoms with Crippen molar-refractivity contribution >= 4 is 16.9 Å². The average Bonchev–Trinajstić information content (AvgIpc) is 2.98. The molecule has 0 radical (unpaired) electrons. The molecule has 0 saturated carbocycles. The number of carbonyl (C=O) groups is 1. The van der Waals surface area contributed by atoms with Crippen LogP contribution in [0.1, 0.15) is 23.5 Å². The van der Waals surface area contributed by atoms with Crippen molar-refractivity contribution in [3.8, 4) is 11.5 Å². The molecule has 4 aromatic carbocycles. The summed E-state index contributed by atoms with van der Waals surface area (Å²) in [5, 5.41) is 22.1. The van der Waals surface area contributed by atoms with Gasteiger partial charge in [0.2, 0.25) is 0 Å². The molecular weight excluding hydrogens is 494 g/mol. The van der Waals surface area contributed by atoms with Crippen LogP contribution in [-0.2, 0) is 11.3 Å². The lowest BCUT2D eigenvalue weighted by atomic mass is 9.87. The van der Waals surface area contributed by atoms with Gasteiger partial charge in [-0.25, -0.2) is 4.79 Å². The van der Waals surface area contributed by atoms with Crippen molar-refractivity contribution < 1.29 is 29.2 Å². The van der Waals surface area contributed by atoms with Gasteiger partial charge < -0.3 is 29.3 Å². The van der Waals surface area contributed by atoms with E-state index in [-0.39, 0.29) is 25.2 Å². The van der Waals surface area contributed by atoms with E-state index in [1.165, 1.54) is 10.3 Å². The molecule has 4 aromatic rings. The molecule has 0 aromatic heterocycles. The van der Waals surface area contributed by atoms with Gasteiger partial charge in [-0.05, 0) is 58.7 Å². The van der Waals surface area contributed by atoms with E-state index in [9.17, 15) is 15.0 Å². The van der Waals surface area contributed by atoms with Crippen LogP contribution in [0.15, 0.2) is 97.1 Å². The van der Waals surface area contributed by atoms with Crippen LogP contribution in [0, 0.1) is 0 Å². The summed E-state index contributed by atoms with van der Waals surface area (Å²) in [6, 6.07) is 31.5. The monoisotopic (exact) mass is 527 g/mol. The van der Waals surface area contributed by atoms with E-state index in [1.54, 1.807) is 0 Å². The Labute approximate surface area is 228 Å². The molecule has 202 valence electrons. The van der Waals surface area contributed by atoms with Gasteiger partial charge in [0.25, 0.3) is 0 Å². The Morgan fingerprint density at radius 2 is 1.51 bits per heavy atom. The molecule has 0 aliphatic carbocycles. The minimum Gasteiger partial charge on any atom is -0.491 e. The van der Waals surface area contributed by atoms with Crippen LogP contribution < -0.4 is 9.47 Å². The summed E-state index contributed by atoms with van der Waals surface area (Å²) in [5.41, 5.74) is 2.13. The molecule has 2 N–H and O–H groups in total. The summed E-state index contributed by atoms with van der Waals surface area (Å²) >= 11 is 0. The van der Waals surface area contributed by atoms with Crippen LogP contribution in [0.4, 0.5) is 4.79 Å². The van der Waals surface area contributed by atoms with Gasteiger partial charge in [-0.3, -0.25) is 0 Å². The quantitative estimate of drug-likeness (QED) is 0.275. The largest absolute Gasteiger partial charge is 0.491 e. The zero-order valence-corrected chi connectivity index (χ0v) is 21.7. The van der Waals surface area contributed by atoms with E-state index in [2.05, 4.69) is 30.3 Å². The summed E-state index contributed by atoms with van der Waals surface area (Å²) in [7, 11) is 0. The zero-order chi connectivity index (χ0) is 27.0. The number of carboxylic acid groups (broad SMARTS) is 1. The van der Waals surface area contributed by atoms with Crippen LogP contribution in [0.3, 0.4) is 0 Å². The summed E-state index contributed by atoms with van der Waals surface area (Å²) in [6.07, 6.45) is -1.29. The van der Waals surface area contributed by atoms with Crippen LogP contribution in [0.25, 0.3) is 10.8 Å². The summed E-state index contributed by atoms with van der Waals surface area (Å²) in [5.74, 6) is 1.40. The number of ether oxygens (including phenoxy) is 3. The predicted molar refractivity (Wildman–Crippen MR) is 149 cm³/mol. The first-order chi connectivity index (χ1) is 19.0. The zero-order valence-electron chi connectivity index (χ0n) is 21.7. The molecule has 1 heterocycles. The third kappa shape index (κ3) is 7.07. The molecule has 1 aliphatic heterocycles. The Hall–Kier alpha value is -4.07. The number of benzene rings is 4. The van der Waals surface area contributed by atoms with E-state index in [0.29, 0.717) is 37.6 Å². The maximum atomic E-state index is 11.7. The molecule has 39 heavy (non-hydrogen) atoms. The number of para-hydroxylation sites is 1. The molecule has 1 amide bonds. The SMILES string of the molecule is O=C(O)N1CCC(c2ccc(OCC(O)COc3ccccc3)cc2)C(OCc2ccc3ccccc3c2)C1. The number of aliphatic hydroxyl groups is 1. The minimum absolute atomic E-state index is 0.0555. The first kappa shape index (κ1) is 26.5. The normalized spacial score (nSPS) is 18.0. The van der Waals surface area contributed by atoms with Crippen molar-refractivity contribution in [1.29, 1.82) is 0 Å². The van der Waals surface area contributed by atoms with Gasteiger partial charge in [-0.1, -0.05) is 66.7 Å². The highest BCUT2D eigenvalue weighted by Crippen LogP contribution is 2.32. The highest BCUT2D eigenvalue weighted by atomic mass is 16.5. The fourth-order valence-corrected chi connectivity index (χ4v) is 4.93. The molecule has 1 fully saturated rings. The van der Waals surface area contributed by atoms with Crippen molar-refractivity contribution in [1.82, 2.24) is 4.90 Å². The molecule has 1 saturated heterocycles. The third-order valence-electron chi connectivity index (χ3n) is 7.04. The number of hydrogen-bond acceptors (Lipinski definition) is 5. The van der Waals surface area contributed by atoms with Crippen molar-refractivity contribution in [3.05, 3.63) is 108 Å². The number of likely N-dealkylation sites (tertiary alicyclic amines) is 1. The summed E-state index contributed by atoms with van der Waals surface area (Å²) in [4.78, 5) is 13.1. The summed E-state index contributed by atoms with van der Waals surface area (Å²) in [6.45, 7) is 1.44. The highest BCUT2D eigenvalue weighted by molar-refractivity contribution is 5.82. The number of rotatable bonds is 10. The average molecular weight is 528 g/mol. The van der Waals surface area contributed by atoms with Crippen LogP contribution in [0.5, 0.6) is 11.5 Å². The lowest BCUT2D eigenvalue weighted by Gasteiger charge is -2.37. The van der Waals surface area contributed by atoms with Crippen LogP contribution >= 0.6 is 0 Å². The molecule has 7 heteroatoms. The van der Waals surface area contributed by atoms with Gasteiger partial charge in [-0.15, -0.1) is 0 Å². The van der Waals surface area contributed by atoms with Gasteiger partial charge in [0, 0.05) is 12.5 Å². The first-order valence-electron chi connectivity index (χ1n) is 13.2. The van der Waals surface area contributed by atoms with Gasteiger partial charge in [0.05, 0.1) is 19.3 Å². The van der Waals surface area contributed by atoms with Gasteiger partial charge in [-0.2, -0.15) is 0 Å². The summed E-state index contributed by atoms with van der Waals surface area (Å²) < 4.78 is 17.7. The second kappa shape index (κ2) is 12.7. The van der Waals surface area contributed by atoms with Crippen molar-refractivity contribution in [2.45, 2.75) is 31.2 Å². The van der Waals surface area contributed by atoms with Crippen molar-refractivity contribution in [3.63, 3.8) is 0 Å². The number of piperidine rings is 1. The van der Waals surface area contributed by atoms with Gasteiger partial charge in [0.15, 0.2) is 0 Å². The Balaban J connectivity index is 1.19. The molecule has 3 unspecified atom stereocenters. The molecule has 1 aliphatic rings. The van der Waals surface area contributed by atoms with E-state index in [0.717, 1.165) is 16.5 Å². The standard InChI is InChI=1S/C32H33NO6/c34-27(21-37-28-8-2-1-3-9-28)22-38-29-14-12-25(13-15-29)30-16-17-33(32(35)36)19-31(30)39-20-23-10-11-24-6-4-5-7-26(24)18-23/h1-15,18,27,30-31,34H,16-17,19-22H2,(H,35,36). The molecule has 0 bridgehead atoms. The molecule has 7 nitrogen and oxygen atoms in total. The van der Waals surface area contributed by atoms with Gasteiger partial charge >= 0.3 is 6.09 Å². The first-order valence-corrected chi connectivity index (χ1v) is 13.2. The fourth-order valence-electron chi connectivity index (χ4n) is 4.93. The molecular formula is C32H33NO6. The number of nitrogens with zero attached hydrogens (tertiary/aromatic N) is 1. The predicted octanol–water partition coefficient (Wildman–Crippen LogP) is 5.71. The Morgan fingerprint density at radius 1 is 0.846 bits per heavy atom. The van der Waals surface area contributed by atoms with E-state index in [1.807, 2.05) is 66.7 Å². The highest BCUT2D eigenvalue weighted by Gasteiger charge is 2.33. The molecule has 5 rings (SSSR count). The topological polar surface area (TPSA) is 88.5 Å². The van der Waals surface area contributed by atoms with E-state index in [4.69, 9.17) is 14.2 Å². The fraction of sp³-hybridized carbons (Fsp3) is 0.281. The third-order valence-corrected chi connectivity index (χ3v) is 7.04. The number of hydrogen-bond donors (Lipinski definition) is 2. The Kier molecular flexibility index (Phi) is 8.61. The van der Waals surface area contributed by atoms with E-state index < -0.39 is 12.2 Å². The number of aliphatic hydroxyl groups excluding tert-OH is 1. The van der Waals surface area contributed by atoms with Gasteiger partial charge in [0.1, 0.15) is 30.8 Å². The van der Waals surface area contributed by atoms with Crippen LogP contribution in [0.2, 0.25) is 0 Å². The Bertz CT molecular complexity index is 1360.